The third kappa shape index (κ3) is 3.92. The smallest absolute Gasteiger partial charge is 0.235 e. The lowest BCUT2D eigenvalue weighted by Gasteiger charge is -2.15. The Bertz CT molecular complexity index is 3740. The van der Waals surface area contributed by atoms with Gasteiger partial charge >= 0.3 is 0 Å². The first-order chi connectivity index (χ1) is 27.8. The molecule has 4 heterocycles. The molecule has 9 aromatic carbocycles. The van der Waals surface area contributed by atoms with E-state index in [1.165, 1.54) is 76.2 Å². The summed E-state index contributed by atoms with van der Waals surface area (Å²) >= 11 is 0. The maximum Gasteiger partial charge on any atom is 0.235 e. The molecule has 0 unspecified atom stereocenters. The normalized spacial score (nSPS) is 12.3. The highest BCUT2D eigenvalue weighted by atomic mass is 15.2. The van der Waals surface area contributed by atoms with Gasteiger partial charge in [0.25, 0.3) is 0 Å². The first kappa shape index (κ1) is 29.8. The quantitative estimate of drug-likeness (QED) is 0.171. The summed E-state index contributed by atoms with van der Waals surface area (Å²) in [5.74, 6) is 0.661. The zero-order chi connectivity index (χ0) is 36.5. The second-order valence-corrected chi connectivity index (χ2v) is 14.9. The van der Waals surface area contributed by atoms with Crippen molar-refractivity contribution < 1.29 is 0 Å². The zero-order valence-electron chi connectivity index (χ0n) is 30.1. The number of benzene rings is 9. The van der Waals surface area contributed by atoms with Gasteiger partial charge in [-0.25, -0.2) is 9.97 Å². The average Bonchev–Trinajstić information content (AvgIpc) is 3.91. The molecule has 0 fully saturated rings. The fourth-order valence-electron chi connectivity index (χ4n) is 9.62. The average molecular weight is 711 g/mol. The molecule has 56 heavy (non-hydrogen) atoms. The summed E-state index contributed by atoms with van der Waals surface area (Å²) in [6.45, 7) is 0. The summed E-state index contributed by atoms with van der Waals surface area (Å²) < 4.78 is 4.84. The molecule has 0 aliphatic carbocycles. The van der Waals surface area contributed by atoms with E-state index >= 15 is 0 Å². The highest BCUT2D eigenvalue weighted by molar-refractivity contribution is 6.35. The molecular weight excluding hydrogens is 681 g/mol. The Labute approximate surface area is 320 Å². The van der Waals surface area contributed by atoms with E-state index in [2.05, 4.69) is 191 Å². The molecule has 13 aromatic rings. The van der Waals surface area contributed by atoms with Crippen molar-refractivity contribution in [2.45, 2.75) is 0 Å². The van der Waals surface area contributed by atoms with Gasteiger partial charge in [-0.3, -0.25) is 4.57 Å². The van der Waals surface area contributed by atoms with Gasteiger partial charge < -0.3 is 4.40 Å². The van der Waals surface area contributed by atoms with Gasteiger partial charge in [-0.1, -0.05) is 158 Å². The standard InChI is InChI=1S/C52H30N4/c1-2-12-31(13-3-1)32-22-24-35(25-23-32)48-46-36-16-6-4-14-33(36)27-29-43(46)53-52(54-48)56-49-37-17-7-5-15-34(37)26-28-39(49)42-30-41-38-18-8-10-20-44(38)55-45-21-11-9-19-40(45)47(50(41)55)51(42)56/h1-30H. The molecule has 0 N–H and O–H groups in total. The number of rotatable bonds is 3. The summed E-state index contributed by atoms with van der Waals surface area (Å²) in [6.07, 6.45) is 0. The molecule has 0 spiro atoms. The molecular formula is C52H30N4. The number of hydrogen-bond donors (Lipinski definition) is 0. The van der Waals surface area contributed by atoms with Crippen LogP contribution >= 0.6 is 0 Å². The van der Waals surface area contributed by atoms with Gasteiger partial charge in [0.2, 0.25) is 5.95 Å². The van der Waals surface area contributed by atoms with Crippen molar-refractivity contribution in [1.29, 1.82) is 0 Å². The van der Waals surface area contributed by atoms with Crippen LogP contribution in [0.3, 0.4) is 0 Å². The van der Waals surface area contributed by atoms with Crippen LogP contribution in [0.2, 0.25) is 0 Å². The minimum Gasteiger partial charge on any atom is -0.308 e. The summed E-state index contributed by atoms with van der Waals surface area (Å²) in [7, 11) is 0. The van der Waals surface area contributed by atoms with E-state index in [4.69, 9.17) is 9.97 Å². The first-order valence-corrected chi connectivity index (χ1v) is 19.2. The van der Waals surface area contributed by atoms with Crippen molar-refractivity contribution in [2.24, 2.45) is 0 Å². The maximum absolute atomic E-state index is 5.69. The van der Waals surface area contributed by atoms with Crippen LogP contribution in [0.5, 0.6) is 0 Å². The van der Waals surface area contributed by atoms with Crippen LogP contribution in [-0.4, -0.2) is 18.9 Å². The molecule has 0 radical (unpaired) electrons. The summed E-state index contributed by atoms with van der Waals surface area (Å²) in [5, 5.41) is 13.1. The molecule has 0 atom stereocenters. The molecule has 4 aromatic heterocycles. The minimum atomic E-state index is 0.661. The van der Waals surface area contributed by atoms with Crippen molar-refractivity contribution in [3.05, 3.63) is 182 Å². The largest absolute Gasteiger partial charge is 0.308 e. The highest BCUT2D eigenvalue weighted by Crippen LogP contribution is 2.47. The van der Waals surface area contributed by atoms with Crippen LogP contribution < -0.4 is 0 Å². The van der Waals surface area contributed by atoms with Gasteiger partial charge in [-0.05, 0) is 51.6 Å². The molecule has 4 nitrogen and oxygen atoms in total. The summed E-state index contributed by atoms with van der Waals surface area (Å²) in [4.78, 5) is 11.2. The molecule has 0 saturated carbocycles. The SMILES string of the molecule is c1ccc(-c2ccc(-c3nc(-n4c5c6ccccc6ccc5c5cc6c7ccccc7n7c8ccccc8c(c54)c67)nc4ccc5ccccc5c34)cc2)cc1. The molecule has 0 bridgehead atoms. The monoisotopic (exact) mass is 710 g/mol. The second-order valence-electron chi connectivity index (χ2n) is 14.9. The molecule has 258 valence electrons. The van der Waals surface area contributed by atoms with E-state index in [1.807, 2.05) is 0 Å². The van der Waals surface area contributed by atoms with E-state index < -0.39 is 0 Å². The Morgan fingerprint density at radius 1 is 0.339 bits per heavy atom. The van der Waals surface area contributed by atoms with E-state index in [1.54, 1.807) is 0 Å². The van der Waals surface area contributed by atoms with Gasteiger partial charge in [-0.2, -0.15) is 0 Å². The van der Waals surface area contributed by atoms with Crippen molar-refractivity contribution in [3.63, 3.8) is 0 Å². The molecule has 0 saturated heterocycles. The number of para-hydroxylation sites is 2. The van der Waals surface area contributed by atoms with Crippen LogP contribution in [0.15, 0.2) is 182 Å². The van der Waals surface area contributed by atoms with Crippen molar-refractivity contribution in [3.8, 4) is 28.3 Å². The van der Waals surface area contributed by atoms with Crippen LogP contribution in [-0.2, 0) is 0 Å². The summed E-state index contributed by atoms with van der Waals surface area (Å²) in [6, 6.07) is 65.7. The fraction of sp³-hybridized carbons (Fsp3) is 0. The summed E-state index contributed by atoms with van der Waals surface area (Å²) in [5.41, 5.74) is 11.2. The lowest BCUT2D eigenvalue weighted by molar-refractivity contribution is 1.02. The number of aromatic nitrogens is 4. The third-order valence-electron chi connectivity index (χ3n) is 12.0. The minimum absolute atomic E-state index is 0.661. The number of fused-ring (bicyclic) bond motifs is 15. The van der Waals surface area contributed by atoms with Crippen LogP contribution in [0, 0.1) is 0 Å². The van der Waals surface area contributed by atoms with Gasteiger partial charge in [0.05, 0.1) is 38.8 Å². The van der Waals surface area contributed by atoms with Gasteiger partial charge in [0.15, 0.2) is 0 Å². The van der Waals surface area contributed by atoms with E-state index in [0.717, 1.165) is 38.6 Å². The van der Waals surface area contributed by atoms with E-state index in [0.29, 0.717) is 5.95 Å². The second kappa shape index (κ2) is 11.0. The zero-order valence-corrected chi connectivity index (χ0v) is 30.1. The van der Waals surface area contributed by atoms with E-state index in [-0.39, 0.29) is 0 Å². The molecule has 0 amide bonds. The lowest BCUT2D eigenvalue weighted by atomic mass is 9.98. The molecule has 0 aliphatic heterocycles. The topological polar surface area (TPSA) is 35.1 Å². The Morgan fingerprint density at radius 2 is 0.929 bits per heavy atom. The molecule has 4 heteroatoms. The predicted octanol–water partition coefficient (Wildman–Crippen LogP) is 13.5. The molecule has 0 aliphatic rings. The Hall–Kier alpha value is -7.56. The Kier molecular flexibility index (Phi) is 5.86. The van der Waals surface area contributed by atoms with E-state index in [9.17, 15) is 0 Å². The lowest BCUT2D eigenvalue weighted by Crippen LogP contribution is -2.04. The van der Waals surface area contributed by atoms with Gasteiger partial charge in [0, 0.05) is 48.7 Å². The predicted molar refractivity (Wildman–Crippen MR) is 234 cm³/mol. The van der Waals surface area contributed by atoms with Crippen molar-refractivity contribution >= 4 is 92.3 Å². The highest BCUT2D eigenvalue weighted by Gasteiger charge is 2.26. The van der Waals surface area contributed by atoms with Crippen LogP contribution in [0.25, 0.3) is 121 Å². The molecule has 13 rings (SSSR count). The van der Waals surface area contributed by atoms with Crippen LogP contribution in [0.4, 0.5) is 0 Å². The maximum atomic E-state index is 5.69. The number of hydrogen-bond acceptors (Lipinski definition) is 2. The first-order valence-electron chi connectivity index (χ1n) is 19.2. The van der Waals surface area contributed by atoms with Crippen molar-refractivity contribution in [2.75, 3.05) is 0 Å². The third-order valence-corrected chi connectivity index (χ3v) is 12.0. The Morgan fingerprint density at radius 3 is 1.73 bits per heavy atom. The van der Waals surface area contributed by atoms with Gasteiger partial charge in [-0.15, -0.1) is 0 Å². The van der Waals surface area contributed by atoms with Crippen molar-refractivity contribution in [1.82, 2.24) is 18.9 Å². The Balaban J connectivity index is 1.23. The van der Waals surface area contributed by atoms with Crippen LogP contribution in [0.1, 0.15) is 0 Å². The fourth-order valence-corrected chi connectivity index (χ4v) is 9.62. The number of nitrogens with zero attached hydrogens (tertiary/aromatic N) is 4. The van der Waals surface area contributed by atoms with Gasteiger partial charge in [0.1, 0.15) is 0 Å².